The number of rotatable bonds is 15. The van der Waals surface area contributed by atoms with Gasteiger partial charge in [-0.1, -0.05) is 29.3 Å². The lowest BCUT2D eigenvalue weighted by Crippen LogP contribution is -2.42. The van der Waals surface area contributed by atoms with Gasteiger partial charge in [0.15, 0.2) is 0 Å². The Balaban J connectivity index is 0.000000208. The van der Waals surface area contributed by atoms with E-state index < -0.39 is 25.6 Å². The van der Waals surface area contributed by atoms with Gasteiger partial charge in [-0.25, -0.2) is 16.8 Å². The molecule has 5 N–H and O–H groups in total. The number of nitrogens with zero attached hydrogens (tertiary/aromatic N) is 2. The van der Waals surface area contributed by atoms with Crippen molar-refractivity contribution in [3.05, 3.63) is 152 Å². The first kappa shape index (κ1) is 53.0. The minimum absolute atomic E-state index is 0.0560. The van der Waals surface area contributed by atoms with Crippen LogP contribution in [0.2, 0.25) is 10.0 Å². The lowest BCUT2D eigenvalue weighted by Gasteiger charge is -2.31. The van der Waals surface area contributed by atoms with Crippen molar-refractivity contribution in [3.63, 3.8) is 0 Å². The molecule has 2 aliphatic heterocycles. The number of carbonyl (C=O) groups is 2. The van der Waals surface area contributed by atoms with Gasteiger partial charge in [0.1, 0.15) is 14.2 Å². The second-order valence-corrected chi connectivity index (χ2v) is 24.8. The summed E-state index contributed by atoms with van der Waals surface area (Å²) in [6.07, 6.45) is 2.42. The number of sulfonamides is 2. The Bertz CT molecular complexity index is 2950. The summed E-state index contributed by atoms with van der Waals surface area (Å²) in [5, 5.41) is 22.7. The highest BCUT2D eigenvalue weighted by molar-refractivity contribution is 8.00. The molecule has 70 heavy (non-hydrogen) atoms. The summed E-state index contributed by atoms with van der Waals surface area (Å²) in [5.74, 6) is -0.319. The van der Waals surface area contributed by atoms with Crippen molar-refractivity contribution < 1.29 is 44.7 Å². The molecule has 13 nitrogen and oxygen atoms in total. The normalized spacial score (nSPS) is 15.4. The van der Waals surface area contributed by atoms with Crippen molar-refractivity contribution >= 4 is 101 Å². The summed E-state index contributed by atoms with van der Waals surface area (Å²) in [7, 11) is -7.27. The Morgan fingerprint density at radius 1 is 0.614 bits per heavy atom. The van der Waals surface area contributed by atoms with E-state index in [4.69, 9.17) is 23.2 Å². The predicted octanol–water partition coefficient (Wildman–Crippen LogP) is 10.5. The molecule has 372 valence electrons. The van der Waals surface area contributed by atoms with E-state index in [0.717, 1.165) is 21.9 Å². The fourth-order valence-electron chi connectivity index (χ4n) is 7.47. The Morgan fingerprint density at radius 2 is 1.04 bits per heavy atom. The van der Waals surface area contributed by atoms with Crippen molar-refractivity contribution in [3.8, 4) is 5.75 Å². The number of thioether (sulfide) groups is 1. The average molecular weight is 1100 g/mol. The molecule has 2 aliphatic rings. The van der Waals surface area contributed by atoms with Crippen LogP contribution in [0.25, 0.3) is 0 Å². The third-order valence-corrected chi connectivity index (χ3v) is 19.2. The van der Waals surface area contributed by atoms with E-state index in [-0.39, 0.29) is 80.9 Å². The van der Waals surface area contributed by atoms with Crippen molar-refractivity contribution in [2.45, 2.75) is 69.7 Å². The molecule has 0 saturated carbocycles. The highest BCUT2D eigenvalue weighted by Gasteiger charge is 2.33. The van der Waals surface area contributed by atoms with Gasteiger partial charge in [0, 0.05) is 85.5 Å². The minimum Gasteiger partial charge on any atom is -0.508 e. The van der Waals surface area contributed by atoms with Crippen molar-refractivity contribution in [1.29, 1.82) is 0 Å². The number of phenolic OH excluding ortho intramolecular Hbond substituents is 1. The lowest BCUT2D eigenvalue weighted by atomic mass is 10.1. The third-order valence-electron chi connectivity index (χ3n) is 11.1. The number of amides is 2. The van der Waals surface area contributed by atoms with Crippen LogP contribution in [-0.2, 0) is 33.1 Å². The van der Waals surface area contributed by atoms with E-state index >= 15 is 0 Å². The number of phenols is 1. The largest absolute Gasteiger partial charge is 0.508 e. The van der Waals surface area contributed by atoms with Crippen molar-refractivity contribution in [1.82, 2.24) is 19.2 Å². The van der Waals surface area contributed by atoms with E-state index in [0.29, 0.717) is 70.5 Å². The number of aromatic hydroxyl groups is 1. The van der Waals surface area contributed by atoms with Gasteiger partial charge in [0.25, 0.3) is 31.9 Å². The number of piperidine rings is 2. The molecule has 0 bridgehead atoms. The molecule has 0 spiro atoms. The minimum atomic E-state index is -4.36. The van der Waals surface area contributed by atoms with Crippen LogP contribution in [0.15, 0.2) is 135 Å². The highest BCUT2D eigenvalue weighted by Crippen LogP contribution is 2.38. The standard InChI is InChI=1S/C24H23ClF3N3O3S3.C23H24ClN3O4S2/c25-17-6-4-16(5-7-17)23(32)29-15-21-8-9-22(35-21)37(33,34)31-12-10-18(11-13-31)30-19-2-1-3-20(14-19)36-24(26,27)28;24-17-3-1-16(2-4-17)23(29)25-15-21-9-10-22(32-21)33(30,31)27-13-11-19(12-14-27)26-18-5-7-20(28)8-6-18/h1-9,14,18,30H,10-13,15H2,(H,29,32);1-10,19,26,28H,11-15H2,(H,25,29). The topological polar surface area (TPSA) is 177 Å². The van der Waals surface area contributed by atoms with Crippen LogP contribution in [0.4, 0.5) is 24.5 Å². The molecule has 23 heteroatoms. The molecule has 0 aliphatic carbocycles. The number of thiophene rings is 2. The maximum absolute atomic E-state index is 13.1. The summed E-state index contributed by atoms with van der Waals surface area (Å²) < 4.78 is 93.8. The number of carbonyl (C=O) groups excluding carboxylic acids is 2. The highest BCUT2D eigenvalue weighted by atomic mass is 35.5. The molecule has 4 aromatic carbocycles. The van der Waals surface area contributed by atoms with Crippen LogP contribution in [0, 0.1) is 0 Å². The third kappa shape index (κ3) is 14.9. The smallest absolute Gasteiger partial charge is 0.446 e. The quantitative estimate of drug-likeness (QED) is 0.0491. The van der Waals surface area contributed by atoms with Gasteiger partial charge < -0.3 is 26.4 Å². The molecular weight excluding hydrogens is 1050 g/mol. The van der Waals surface area contributed by atoms with Gasteiger partial charge >= 0.3 is 5.51 Å². The van der Waals surface area contributed by atoms with Gasteiger partial charge in [-0.2, -0.15) is 21.8 Å². The zero-order chi connectivity index (χ0) is 50.1. The molecule has 2 aromatic heterocycles. The summed E-state index contributed by atoms with van der Waals surface area (Å²) in [6, 6.07) is 32.7. The average Bonchev–Trinajstić information content (AvgIpc) is 4.03. The molecule has 2 saturated heterocycles. The maximum atomic E-state index is 13.1. The summed E-state index contributed by atoms with van der Waals surface area (Å²) in [5.41, 5.74) is -1.94. The number of benzene rings is 4. The number of anilines is 2. The number of halogens is 5. The zero-order valence-electron chi connectivity index (χ0n) is 37.0. The Labute approximate surface area is 426 Å². The summed E-state index contributed by atoms with van der Waals surface area (Å²) in [6.45, 7) is 1.88. The molecule has 0 unspecified atom stereocenters. The molecule has 8 rings (SSSR count). The number of nitrogens with one attached hydrogen (secondary N) is 4. The van der Waals surface area contributed by atoms with E-state index in [2.05, 4.69) is 21.3 Å². The predicted molar refractivity (Wildman–Crippen MR) is 271 cm³/mol. The number of hydrogen-bond donors (Lipinski definition) is 5. The summed E-state index contributed by atoms with van der Waals surface area (Å²) in [4.78, 5) is 26.1. The number of hydrogen-bond acceptors (Lipinski definition) is 12. The monoisotopic (exact) mass is 1090 g/mol. The Kier molecular flexibility index (Phi) is 17.9. The molecular formula is C47H47Cl2F3N6O7S5. The lowest BCUT2D eigenvalue weighted by molar-refractivity contribution is -0.0328. The number of alkyl halides is 3. The fourth-order valence-corrected chi connectivity index (χ4v) is 14.2. The van der Waals surface area contributed by atoms with Crippen molar-refractivity contribution in [2.75, 3.05) is 36.8 Å². The summed E-state index contributed by atoms with van der Waals surface area (Å²) >= 11 is 13.8. The molecule has 4 heterocycles. The first-order chi connectivity index (χ1) is 33.3. The van der Waals surface area contributed by atoms with E-state index in [1.165, 1.54) is 38.1 Å². The van der Waals surface area contributed by atoms with Gasteiger partial charge in [-0.3, -0.25) is 9.59 Å². The Hall–Kier alpha value is -4.84. The van der Waals surface area contributed by atoms with Gasteiger partial charge in [0.2, 0.25) is 0 Å². The van der Waals surface area contributed by atoms with Crippen LogP contribution in [-0.4, -0.2) is 86.1 Å². The van der Waals surface area contributed by atoms with Crippen LogP contribution in [0.1, 0.15) is 56.2 Å². The second-order valence-electron chi connectivity index (χ2n) is 16.1. The van der Waals surface area contributed by atoms with Crippen LogP contribution in [0.5, 0.6) is 5.75 Å². The maximum Gasteiger partial charge on any atom is 0.446 e. The Morgan fingerprint density at radius 3 is 1.47 bits per heavy atom. The SMILES string of the molecule is O=C(NCc1ccc(S(=O)(=O)N2CCC(Nc3ccc(O)cc3)CC2)s1)c1ccc(Cl)cc1.O=C(NCc1ccc(S(=O)(=O)N2CCC(Nc3cccc(SC(F)(F)F)c3)CC2)s1)c1ccc(Cl)cc1. The fraction of sp³-hybridized carbons (Fsp3) is 0.277. The zero-order valence-corrected chi connectivity index (χ0v) is 42.6. The van der Waals surface area contributed by atoms with Crippen LogP contribution >= 0.6 is 57.6 Å². The van der Waals surface area contributed by atoms with Crippen molar-refractivity contribution in [2.24, 2.45) is 0 Å². The molecule has 6 aromatic rings. The molecule has 2 fully saturated rings. The van der Waals surface area contributed by atoms with Gasteiger partial charge in [-0.05, 0) is 153 Å². The molecule has 2 amide bonds. The second kappa shape index (κ2) is 23.6. The first-order valence-electron chi connectivity index (χ1n) is 21.7. The molecule has 0 radical (unpaired) electrons. The first-order valence-corrected chi connectivity index (χ1v) is 27.8. The van der Waals surface area contributed by atoms with Crippen LogP contribution < -0.4 is 21.3 Å². The molecule has 0 atom stereocenters. The van der Waals surface area contributed by atoms with Gasteiger partial charge in [-0.15, -0.1) is 22.7 Å². The van der Waals surface area contributed by atoms with E-state index in [9.17, 15) is 44.7 Å². The van der Waals surface area contributed by atoms with Crippen LogP contribution in [0.3, 0.4) is 0 Å². The van der Waals surface area contributed by atoms with E-state index in [1.807, 2.05) is 0 Å². The van der Waals surface area contributed by atoms with Gasteiger partial charge in [0.05, 0.1) is 13.1 Å². The van der Waals surface area contributed by atoms with E-state index in [1.54, 1.807) is 103 Å².